The molecule has 3 atom stereocenters. The number of hydrazine groups is 1. The fourth-order valence-corrected chi connectivity index (χ4v) is 5.72. The van der Waals surface area contributed by atoms with Crippen LogP contribution in [0.2, 0.25) is 5.02 Å². The summed E-state index contributed by atoms with van der Waals surface area (Å²) < 4.78 is 23.6. The maximum Gasteiger partial charge on any atom is 0.326 e. The first-order chi connectivity index (χ1) is 19.5. The first-order valence-corrected chi connectivity index (χ1v) is 15.3. The molecule has 1 fully saturated rings. The van der Waals surface area contributed by atoms with Gasteiger partial charge in [0.05, 0.1) is 25.5 Å². The largest absolute Gasteiger partial charge is 0.462 e. The monoisotopic (exact) mass is 609 g/mol. The summed E-state index contributed by atoms with van der Waals surface area (Å²) in [5, 5.41) is 8.94. The third-order valence-electron chi connectivity index (χ3n) is 6.76. The van der Waals surface area contributed by atoms with E-state index in [0.717, 1.165) is 24.3 Å². The standard InChI is InChI=1S/C27H41ClN7O5P/c1-17(2)39-26(36)27(4,5)33-41(40-21-11-7-19(28)8-12-21)38-14-22(37-6)13-18(3)34-16-32-23-24(34)30-15-31-25(23)35(29)20-9-10-20/h7-8,11-12,15,17-18,20,22,32-33H,9-10,13-14,16,29H2,1-6H3. The van der Waals surface area contributed by atoms with E-state index >= 15 is 0 Å². The zero-order chi connectivity index (χ0) is 29.7. The van der Waals surface area contributed by atoms with E-state index in [1.807, 2.05) is 13.8 Å². The lowest BCUT2D eigenvalue weighted by Crippen LogP contribution is -2.47. The van der Waals surface area contributed by atoms with Crippen LogP contribution >= 0.6 is 20.1 Å². The molecule has 12 nitrogen and oxygen atoms in total. The second-order valence-electron chi connectivity index (χ2n) is 11.1. The van der Waals surface area contributed by atoms with Crippen LogP contribution in [-0.2, 0) is 18.8 Å². The van der Waals surface area contributed by atoms with Crippen LogP contribution < -0.4 is 30.7 Å². The number of anilines is 3. The molecule has 2 heterocycles. The molecule has 3 unspecified atom stereocenters. The smallest absolute Gasteiger partial charge is 0.326 e. The lowest BCUT2D eigenvalue weighted by Gasteiger charge is -2.31. The number of carbonyl (C=O) groups excluding carboxylic acids is 1. The number of benzene rings is 1. The van der Waals surface area contributed by atoms with Gasteiger partial charge in [-0.1, -0.05) is 11.6 Å². The number of aromatic nitrogens is 2. The molecule has 1 saturated carbocycles. The van der Waals surface area contributed by atoms with Gasteiger partial charge in [0, 0.05) is 24.2 Å². The van der Waals surface area contributed by atoms with Gasteiger partial charge in [0.1, 0.15) is 23.3 Å². The maximum absolute atomic E-state index is 12.7. The highest BCUT2D eigenvalue weighted by Crippen LogP contribution is 2.41. The van der Waals surface area contributed by atoms with E-state index in [4.69, 9.17) is 36.0 Å². The Bertz CT molecular complexity index is 1170. The lowest BCUT2D eigenvalue weighted by atomic mass is 10.1. The first-order valence-electron chi connectivity index (χ1n) is 13.8. The Kier molecular flexibility index (Phi) is 10.5. The van der Waals surface area contributed by atoms with Crippen LogP contribution in [0.15, 0.2) is 30.6 Å². The van der Waals surface area contributed by atoms with Gasteiger partial charge in [-0.15, -0.1) is 0 Å². The predicted octanol–water partition coefficient (Wildman–Crippen LogP) is 4.60. The number of esters is 1. The normalized spacial score (nSPS) is 17.0. The fourth-order valence-electron chi connectivity index (χ4n) is 4.27. The molecule has 14 heteroatoms. The molecule has 1 aliphatic carbocycles. The number of fused-ring (bicyclic) bond motifs is 1. The number of rotatable bonds is 15. The van der Waals surface area contributed by atoms with E-state index in [1.165, 1.54) is 0 Å². The van der Waals surface area contributed by atoms with Gasteiger partial charge in [-0.3, -0.25) is 9.80 Å². The molecule has 1 aromatic carbocycles. The Hall–Kier alpha value is -2.47. The number of methoxy groups -OCH3 is 1. The summed E-state index contributed by atoms with van der Waals surface area (Å²) in [4.78, 5) is 23.9. The SMILES string of the molecule is COC(COP(NC(C)(C)C(=O)OC(C)C)Oc1ccc(Cl)cc1)CC(C)N1CNc2c(N(N)C3CC3)ncnc21. The molecule has 0 spiro atoms. The molecule has 41 heavy (non-hydrogen) atoms. The number of hydrogen-bond acceptors (Lipinski definition) is 12. The molecular weight excluding hydrogens is 569 g/mol. The van der Waals surface area contributed by atoms with Crippen molar-refractivity contribution in [2.45, 2.75) is 83.7 Å². The Labute approximate surface area is 248 Å². The summed E-state index contributed by atoms with van der Waals surface area (Å²) in [6.45, 7) is 10.0. The van der Waals surface area contributed by atoms with Gasteiger partial charge in [-0.05, 0) is 78.1 Å². The van der Waals surface area contributed by atoms with Crippen molar-refractivity contribution in [3.8, 4) is 5.75 Å². The molecule has 0 amide bonds. The number of halogens is 1. The number of hydrogen-bond donors (Lipinski definition) is 3. The predicted molar refractivity (Wildman–Crippen MR) is 161 cm³/mol. The van der Waals surface area contributed by atoms with Crippen molar-refractivity contribution in [2.75, 3.05) is 35.6 Å². The molecule has 0 saturated heterocycles. The van der Waals surface area contributed by atoms with Crippen molar-refractivity contribution in [3.63, 3.8) is 0 Å². The molecule has 226 valence electrons. The van der Waals surface area contributed by atoms with Crippen LogP contribution in [-0.4, -0.2) is 66.2 Å². The lowest BCUT2D eigenvalue weighted by molar-refractivity contribution is -0.153. The summed E-state index contributed by atoms with van der Waals surface area (Å²) in [5.41, 5.74) is -0.212. The molecule has 4 N–H and O–H groups in total. The highest BCUT2D eigenvalue weighted by molar-refractivity contribution is 7.45. The second-order valence-corrected chi connectivity index (χ2v) is 12.7. The molecule has 2 aliphatic rings. The zero-order valence-corrected chi connectivity index (χ0v) is 26.1. The minimum atomic E-state index is -1.76. The number of nitrogens with two attached hydrogens (primary N) is 1. The van der Waals surface area contributed by atoms with E-state index in [-0.39, 0.29) is 24.9 Å². The van der Waals surface area contributed by atoms with E-state index in [9.17, 15) is 4.79 Å². The van der Waals surface area contributed by atoms with Crippen LogP contribution in [0.25, 0.3) is 0 Å². The Morgan fingerprint density at radius 2 is 1.98 bits per heavy atom. The first kappa shape index (κ1) is 31.5. The van der Waals surface area contributed by atoms with Crippen molar-refractivity contribution in [2.24, 2.45) is 5.84 Å². The summed E-state index contributed by atoms with van der Waals surface area (Å²) in [5.74, 6) is 7.99. The van der Waals surface area contributed by atoms with E-state index in [0.29, 0.717) is 35.7 Å². The number of carbonyl (C=O) groups is 1. The zero-order valence-electron chi connectivity index (χ0n) is 24.5. The second kappa shape index (κ2) is 13.7. The molecule has 1 aliphatic heterocycles. The van der Waals surface area contributed by atoms with Crippen molar-refractivity contribution < 1.29 is 23.3 Å². The summed E-state index contributed by atoms with van der Waals surface area (Å²) >= 11 is 6.04. The number of ether oxygens (including phenoxy) is 2. The molecule has 4 rings (SSSR count). The number of nitrogens with zero attached hydrogens (tertiary/aromatic N) is 4. The summed E-state index contributed by atoms with van der Waals surface area (Å²) in [6, 6.07) is 7.34. The quantitative estimate of drug-likeness (QED) is 0.113. The Balaban J connectivity index is 1.41. The van der Waals surface area contributed by atoms with Crippen molar-refractivity contribution in [1.82, 2.24) is 15.1 Å². The molecule has 0 bridgehead atoms. The summed E-state index contributed by atoms with van der Waals surface area (Å²) in [7, 11) is -0.108. The van der Waals surface area contributed by atoms with Crippen LogP contribution in [0.3, 0.4) is 0 Å². The molecule has 0 radical (unpaired) electrons. The number of nitrogens with one attached hydrogen (secondary N) is 2. The minimum absolute atomic E-state index is 0.0565. The van der Waals surface area contributed by atoms with E-state index in [1.54, 1.807) is 56.6 Å². The van der Waals surface area contributed by atoms with Gasteiger partial charge in [0.15, 0.2) is 11.6 Å². The van der Waals surface area contributed by atoms with Gasteiger partial charge >= 0.3 is 14.5 Å². The topological polar surface area (TPSA) is 136 Å². The Morgan fingerprint density at radius 1 is 1.27 bits per heavy atom. The average molecular weight is 610 g/mol. The van der Waals surface area contributed by atoms with Crippen molar-refractivity contribution in [1.29, 1.82) is 0 Å². The van der Waals surface area contributed by atoms with Crippen molar-refractivity contribution >= 4 is 43.4 Å². The van der Waals surface area contributed by atoms with Crippen LogP contribution in [0.5, 0.6) is 5.75 Å². The van der Waals surface area contributed by atoms with Crippen molar-refractivity contribution in [3.05, 3.63) is 35.6 Å². The molecular formula is C27H41ClN7O5P. The van der Waals surface area contributed by atoms with Crippen LogP contribution in [0.4, 0.5) is 17.3 Å². The van der Waals surface area contributed by atoms with Crippen LogP contribution in [0.1, 0.15) is 53.9 Å². The van der Waals surface area contributed by atoms with Gasteiger partial charge in [-0.25, -0.2) is 20.9 Å². The maximum atomic E-state index is 12.7. The molecule has 1 aromatic heterocycles. The van der Waals surface area contributed by atoms with Gasteiger partial charge in [-0.2, -0.15) is 0 Å². The third-order valence-corrected chi connectivity index (χ3v) is 8.52. The van der Waals surface area contributed by atoms with Crippen LogP contribution in [0, 0.1) is 0 Å². The molecule has 2 aromatic rings. The van der Waals surface area contributed by atoms with Gasteiger partial charge < -0.3 is 28.7 Å². The van der Waals surface area contributed by atoms with E-state index < -0.39 is 20.0 Å². The highest BCUT2D eigenvalue weighted by atomic mass is 35.5. The van der Waals surface area contributed by atoms with E-state index in [2.05, 4.69) is 32.2 Å². The van der Waals surface area contributed by atoms with Gasteiger partial charge in [0.2, 0.25) is 0 Å². The highest BCUT2D eigenvalue weighted by Gasteiger charge is 2.37. The Morgan fingerprint density at radius 3 is 2.61 bits per heavy atom. The van der Waals surface area contributed by atoms with Gasteiger partial charge in [0.25, 0.3) is 0 Å². The fraction of sp³-hybridized carbons (Fsp3) is 0.593. The summed E-state index contributed by atoms with van der Waals surface area (Å²) in [6.07, 6.45) is 3.83. The third kappa shape index (κ3) is 8.30. The average Bonchev–Trinajstić information content (AvgIpc) is 3.69. The minimum Gasteiger partial charge on any atom is -0.462 e.